The number of rotatable bonds is 4. The van der Waals surface area contributed by atoms with E-state index in [0.717, 1.165) is 31.7 Å². The predicted molar refractivity (Wildman–Crippen MR) is 87.6 cm³/mol. The first kappa shape index (κ1) is 14.6. The van der Waals surface area contributed by atoms with Crippen molar-refractivity contribution < 1.29 is 9.90 Å². The average molecular weight is 296 g/mol. The van der Waals surface area contributed by atoms with Crippen molar-refractivity contribution in [2.75, 3.05) is 24.5 Å². The number of aromatic carboxylic acids is 1. The summed E-state index contributed by atoms with van der Waals surface area (Å²) in [4.78, 5) is 13.6. The van der Waals surface area contributed by atoms with E-state index >= 15 is 0 Å². The maximum absolute atomic E-state index is 11.4. The predicted octanol–water partition coefficient (Wildman–Crippen LogP) is 2.41. The quantitative estimate of drug-likeness (QED) is 0.910. The van der Waals surface area contributed by atoms with Crippen LogP contribution in [0.1, 0.15) is 15.9 Å². The lowest BCUT2D eigenvalue weighted by Crippen LogP contribution is -2.52. The van der Waals surface area contributed by atoms with Gasteiger partial charge in [0.25, 0.3) is 0 Å². The van der Waals surface area contributed by atoms with Gasteiger partial charge in [-0.3, -0.25) is 0 Å². The first-order chi connectivity index (χ1) is 10.7. The van der Waals surface area contributed by atoms with Crippen LogP contribution in [0.15, 0.2) is 54.6 Å². The standard InChI is InChI=1S/C18H20N2O2/c21-18(22)16-8-4-5-9-17(16)20-11-10-19-15(13-20)12-14-6-2-1-3-7-14/h1-9,15,19H,10-13H2,(H,21,22). The van der Waals surface area contributed by atoms with Crippen LogP contribution in [0.4, 0.5) is 5.69 Å². The summed E-state index contributed by atoms with van der Waals surface area (Å²) < 4.78 is 0. The monoisotopic (exact) mass is 296 g/mol. The van der Waals surface area contributed by atoms with E-state index in [-0.39, 0.29) is 0 Å². The molecule has 1 aliphatic heterocycles. The van der Waals surface area contributed by atoms with Crippen LogP contribution in [0.2, 0.25) is 0 Å². The summed E-state index contributed by atoms with van der Waals surface area (Å²) in [7, 11) is 0. The van der Waals surface area contributed by atoms with Crippen LogP contribution < -0.4 is 10.2 Å². The zero-order valence-corrected chi connectivity index (χ0v) is 12.4. The van der Waals surface area contributed by atoms with E-state index in [9.17, 15) is 9.90 Å². The fourth-order valence-electron chi connectivity index (χ4n) is 3.01. The Morgan fingerprint density at radius 2 is 1.86 bits per heavy atom. The van der Waals surface area contributed by atoms with Crippen LogP contribution in [0.25, 0.3) is 0 Å². The molecule has 0 spiro atoms. The Kier molecular flexibility index (Phi) is 4.39. The fraction of sp³-hybridized carbons (Fsp3) is 0.278. The van der Waals surface area contributed by atoms with Gasteiger partial charge in [0.15, 0.2) is 0 Å². The summed E-state index contributed by atoms with van der Waals surface area (Å²) in [6, 6.07) is 18.0. The third-order valence-corrected chi connectivity index (χ3v) is 4.06. The van der Waals surface area contributed by atoms with E-state index in [1.165, 1.54) is 5.56 Å². The Morgan fingerprint density at radius 1 is 1.14 bits per heavy atom. The molecule has 0 aromatic heterocycles. The second-order valence-electron chi connectivity index (χ2n) is 5.61. The summed E-state index contributed by atoms with van der Waals surface area (Å²) >= 11 is 0. The third kappa shape index (κ3) is 3.28. The molecule has 1 aliphatic rings. The normalized spacial score (nSPS) is 18.2. The molecule has 1 unspecified atom stereocenters. The second kappa shape index (κ2) is 6.62. The molecule has 1 fully saturated rings. The van der Waals surface area contributed by atoms with Crippen molar-refractivity contribution in [2.45, 2.75) is 12.5 Å². The molecule has 2 aromatic rings. The van der Waals surface area contributed by atoms with E-state index < -0.39 is 5.97 Å². The number of piperazine rings is 1. The molecule has 0 bridgehead atoms. The Hall–Kier alpha value is -2.33. The third-order valence-electron chi connectivity index (χ3n) is 4.06. The molecule has 0 amide bonds. The molecule has 4 nitrogen and oxygen atoms in total. The van der Waals surface area contributed by atoms with Gasteiger partial charge in [-0.05, 0) is 24.1 Å². The first-order valence-electron chi connectivity index (χ1n) is 7.58. The number of benzene rings is 2. The molecule has 0 aliphatic carbocycles. The summed E-state index contributed by atoms with van der Waals surface area (Å²) in [5, 5.41) is 12.9. The van der Waals surface area contributed by atoms with Gasteiger partial charge in [-0.25, -0.2) is 4.79 Å². The first-order valence-corrected chi connectivity index (χ1v) is 7.58. The van der Waals surface area contributed by atoms with E-state index in [0.29, 0.717) is 11.6 Å². The van der Waals surface area contributed by atoms with E-state index in [1.807, 2.05) is 18.2 Å². The maximum Gasteiger partial charge on any atom is 0.337 e. The average Bonchev–Trinajstić information content (AvgIpc) is 2.56. The minimum absolute atomic E-state index is 0.331. The number of hydrogen-bond acceptors (Lipinski definition) is 3. The number of anilines is 1. The van der Waals surface area contributed by atoms with Gasteiger partial charge >= 0.3 is 5.97 Å². The molecule has 0 saturated carbocycles. The smallest absolute Gasteiger partial charge is 0.337 e. The molecule has 1 atom stereocenters. The molecule has 114 valence electrons. The number of carbonyl (C=O) groups is 1. The van der Waals surface area contributed by atoms with Crippen LogP contribution in [-0.4, -0.2) is 36.8 Å². The lowest BCUT2D eigenvalue weighted by Gasteiger charge is -2.36. The number of para-hydroxylation sites is 1. The number of carboxylic acid groups (broad SMARTS) is 1. The van der Waals surface area contributed by atoms with E-state index in [1.54, 1.807) is 12.1 Å². The highest BCUT2D eigenvalue weighted by Gasteiger charge is 2.22. The van der Waals surface area contributed by atoms with Crippen molar-refractivity contribution in [3.05, 3.63) is 65.7 Å². The van der Waals surface area contributed by atoms with Crippen molar-refractivity contribution in [2.24, 2.45) is 0 Å². The minimum atomic E-state index is -0.867. The molecule has 0 radical (unpaired) electrons. The summed E-state index contributed by atoms with van der Waals surface area (Å²) in [5.74, 6) is -0.867. The Labute approximate surface area is 130 Å². The second-order valence-corrected chi connectivity index (χ2v) is 5.61. The number of nitrogens with zero attached hydrogens (tertiary/aromatic N) is 1. The molecular formula is C18H20N2O2. The lowest BCUT2D eigenvalue weighted by atomic mass is 10.0. The molecule has 3 rings (SSSR count). The lowest BCUT2D eigenvalue weighted by molar-refractivity contribution is 0.0697. The Balaban J connectivity index is 1.75. The highest BCUT2D eigenvalue weighted by atomic mass is 16.4. The zero-order chi connectivity index (χ0) is 15.4. The zero-order valence-electron chi connectivity index (χ0n) is 12.4. The highest BCUT2D eigenvalue weighted by molar-refractivity contribution is 5.94. The Bertz CT molecular complexity index is 643. The summed E-state index contributed by atoms with van der Waals surface area (Å²) in [6.45, 7) is 2.51. The summed E-state index contributed by atoms with van der Waals surface area (Å²) in [5.41, 5.74) is 2.49. The van der Waals surface area contributed by atoms with Crippen molar-refractivity contribution in [3.63, 3.8) is 0 Å². The van der Waals surface area contributed by atoms with Gasteiger partial charge in [-0.2, -0.15) is 0 Å². The molecular weight excluding hydrogens is 276 g/mol. The van der Waals surface area contributed by atoms with Gasteiger partial charge in [0, 0.05) is 25.7 Å². The molecule has 1 heterocycles. The summed E-state index contributed by atoms with van der Waals surface area (Å²) in [6.07, 6.45) is 0.951. The molecule has 4 heteroatoms. The van der Waals surface area contributed by atoms with Gasteiger partial charge in [-0.1, -0.05) is 42.5 Å². The van der Waals surface area contributed by atoms with Gasteiger partial charge in [0.1, 0.15) is 0 Å². The minimum Gasteiger partial charge on any atom is -0.478 e. The van der Waals surface area contributed by atoms with Gasteiger partial charge < -0.3 is 15.3 Å². The molecule has 2 N–H and O–H groups in total. The van der Waals surface area contributed by atoms with Crippen LogP contribution in [0.3, 0.4) is 0 Å². The van der Waals surface area contributed by atoms with Crippen molar-refractivity contribution in [1.82, 2.24) is 5.32 Å². The maximum atomic E-state index is 11.4. The van der Waals surface area contributed by atoms with Crippen molar-refractivity contribution in [1.29, 1.82) is 0 Å². The van der Waals surface area contributed by atoms with E-state index in [4.69, 9.17) is 0 Å². The topological polar surface area (TPSA) is 52.6 Å². The number of hydrogen-bond donors (Lipinski definition) is 2. The van der Waals surface area contributed by atoms with Gasteiger partial charge in [0.05, 0.1) is 11.3 Å². The number of nitrogens with one attached hydrogen (secondary N) is 1. The SMILES string of the molecule is O=C(O)c1ccccc1N1CCNC(Cc2ccccc2)C1. The van der Waals surface area contributed by atoms with Gasteiger partial charge in [-0.15, -0.1) is 0 Å². The molecule has 1 saturated heterocycles. The fourth-order valence-corrected chi connectivity index (χ4v) is 3.01. The van der Waals surface area contributed by atoms with Crippen LogP contribution in [0, 0.1) is 0 Å². The Morgan fingerprint density at radius 3 is 2.64 bits per heavy atom. The van der Waals surface area contributed by atoms with Crippen LogP contribution in [0.5, 0.6) is 0 Å². The highest BCUT2D eigenvalue weighted by Crippen LogP contribution is 2.22. The van der Waals surface area contributed by atoms with Crippen LogP contribution >= 0.6 is 0 Å². The van der Waals surface area contributed by atoms with Gasteiger partial charge in [0.2, 0.25) is 0 Å². The van der Waals surface area contributed by atoms with E-state index in [2.05, 4.69) is 34.5 Å². The molecule has 2 aromatic carbocycles. The van der Waals surface area contributed by atoms with Crippen molar-refractivity contribution in [3.8, 4) is 0 Å². The van der Waals surface area contributed by atoms with Crippen LogP contribution in [-0.2, 0) is 6.42 Å². The van der Waals surface area contributed by atoms with Crippen molar-refractivity contribution >= 4 is 11.7 Å². The molecule has 22 heavy (non-hydrogen) atoms. The largest absolute Gasteiger partial charge is 0.478 e. The number of carboxylic acids is 1.